The Bertz CT molecular complexity index is 356. The van der Waals surface area contributed by atoms with E-state index in [2.05, 4.69) is 24.1 Å². The Morgan fingerprint density at radius 3 is 2.65 bits per heavy atom. The van der Waals surface area contributed by atoms with E-state index in [4.69, 9.17) is 4.74 Å². The third-order valence-electron chi connectivity index (χ3n) is 5.43. The highest BCUT2D eigenvalue weighted by atomic mass is 16.5. The van der Waals surface area contributed by atoms with Crippen LogP contribution in [0.2, 0.25) is 0 Å². The minimum absolute atomic E-state index is 0.0994. The molecule has 0 amide bonds. The number of ether oxygens (including phenoxy) is 1. The maximum atomic E-state index is 12.1. The maximum absolute atomic E-state index is 12.1. The van der Waals surface area contributed by atoms with Crippen LogP contribution in [-0.4, -0.2) is 49.7 Å². The van der Waals surface area contributed by atoms with Gasteiger partial charge < -0.3 is 15.0 Å². The molecule has 0 radical (unpaired) electrons. The zero-order valence-corrected chi connectivity index (χ0v) is 13.5. The fourth-order valence-electron chi connectivity index (χ4n) is 3.85. The summed E-state index contributed by atoms with van der Waals surface area (Å²) in [6.07, 6.45) is 6.71. The number of likely N-dealkylation sites (tertiary alicyclic amines) is 1. The largest absolute Gasteiger partial charge is 0.468 e. The molecule has 0 aromatic rings. The molecule has 2 unspecified atom stereocenters. The summed E-state index contributed by atoms with van der Waals surface area (Å²) in [4.78, 5) is 14.7. The summed E-state index contributed by atoms with van der Waals surface area (Å²) in [5, 5.41) is 3.23. The number of rotatable bonds is 3. The Morgan fingerprint density at radius 1 is 1.25 bits per heavy atom. The summed E-state index contributed by atoms with van der Waals surface area (Å²) in [5.74, 6) is -0.0994. The van der Waals surface area contributed by atoms with Gasteiger partial charge in [0, 0.05) is 6.04 Å². The second kappa shape index (κ2) is 6.02. The molecule has 1 aliphatic heterocycles. The number of carbonyl (C=O) groups is 1. The molecule has 1 aliphatic carbocycles. The molecule has 1 saturated carbocycles. The van der Waals surface area contributed by atoms with Crippen LogP contribution in [0.3, 0.4) is 0 Å². The zero-order valence-electron chi connectivity index (χ0n) is 13.5. The van der Waals surface area contributed by atoms with Gasteiger partial charge in [-0.3, -0.25) is 4.79 Å². The number of likely N-dealkylation sites (N-methyl/N-ethyl adjacent to an activating group) is 1. The van der Waals surface area contributed by atoms with Crippen molar-refractivity contribution in [3.05, 3.63) is 0 Å². The summed E-state index contributed by atoms with van der Waals surface area (Å²) in [7, 11) is 3.37. The molecule has 0 spiro atoms. The topological polar surface area (TPSA) is 41.6 Å². The van der Waals surface area contributed by atoms with Gasteiger partial charge in [0.15, 0.2) is 0 Å². The first-order valence-corrected chi connectivity index (χ1v) is 7.94. The van der Waals surface area contributed by atoms with Crippen molar-refractivity contribution in [1.82, 2.24) is 10.2 Å². The number of nitrogens with one attached hydrogen (secondary N) is 1. The van der Waals surface area contributed by atoms with Gasteiger partial charge in [-0.1, -0.05) is 13.8 Å². The fourth-order valence-corrected chi connectivity index (χ4v) is 3.85. The molecule has 4 heteroatoms. The van der Waals surface area contributed by atoms with E-state index < -0.39 is 5.54 Å². The van der Waals surface area contributed by atoms with Gasteiger partial charge in [-0.05, 0) is 64.1 Å². The predicted octanol–water partition coefficient (Wildman–Crippen LogP) is 2.18. The first-order chi connectivity index (χ1) is 9.42. The van der Waals surface area contributed by atoms with Crippen LogP contribution in [-0.2, 0) is 9.53 Å². The van der Waals surface area contributed by atoms with Crippen molar-refractivity contribution in [2.24, 2.45) is 5.41 Å². The van der Waals surface area contributed by atoms with Crippen molar-refractivity contribution in [3.63, 3.8) is 0 Å². The van der Waals surface area contributed by atoms with Gasteiger partial charge in [-0.25, -0.2) is 0 Å². The average molecular weight is 282 g/mol. The Kier molecular flexibility index (Phi) is 4.75. The molecule has 0 bridgehead atoms. The Morgan fingerprint density at radius 2 is 2.00 bits per heavy atom. The number of hydrogen-bond acceptors (Lipinski definition) is 4. The van der Waals surface area contributed by atoms with Crippen LogP contribution in [0.25, 0.3) is 0 Å². The van der Waals surface area contributed by atoms with Gasteiger partial charge in [0.25, 0.3) is 0 Å². The minimum atomic E-state index is -0.457. The van der Waals surface area contributed by atoms with Gasteiger partial charge in [0.2, 0.25) is 0 Å². The predicted molar refractivity (Wildman–Crippen MR) is 80.7 cm³/mol. The third kappa shape index (κ3) is 3.17. The number of hydrogen-bond donors (Lipinski definition) is 1. The standard InChI is InChI=1S/C16H30N2O2/c1-15(2)7-5-10-18(11-9-15)13-6-8-16(12-13,17-3)14(19)20-4/h13,17H,5-12H2,1-4H3. The zero-order chi connectivity index (χ0) is 14.8. The molecule has 20 heavy (non-hydrogen) atoms. The van der Waals surface area contributed by atoms with Crippen LogP contribution in [0.1, 0.15) is 52.4 Å². The van der Waals surface area contributed by atoms with Crippen molar-refractivity contribution in [2.45, 2.75) is 64.0 Å². The monoisotopic (exact) mass is 282 g/mol. The van der Waals surface area contributed by atoms with Crippen LogP contribution in [0, 0.1) is 5.41 Å². The lowest BCUT2D eigenvalue weighted by atomic mass is 9.85. The van der Waals surface area contributed by atoms with E-state index in [-0.39, 0.29) is 5.97 Å². The summed E-state index contributed by atoms with van der Waals surface area (Å²) < 4.78 is 5.00. The van der Waals surface area contributed by atoms with Gasteiger partial charge in [-0.15, -0.1) is 0 Å². The Hall–Kier alpha value is -0.610. The molecule has 116 valence electrons. The van der Waals surface area contributed by atoms with Crippen LogP contribution < -0.4 is 5.32 Å². The van der Waals surface area contributed by atoms with Crippen molar-refractivity contribution in [3.8, 4) is 0 Å². The molecule has 1 saturated heterocycles. The van der Waals surface area contributed by atoms with Crippen molar-refractivity contribution in [1.29, 1.82) is 0 Å². The second-order valence-electron chi connectivity index (χ2n) is 7.27. The summed E-state index contributed by atoms with van der Waals surface area (Å²) in [6, 6.07) is 0.524. The van der Waals surface area contributed by atoms with Crippen LogP contribution in [0.4, 0.5) is 0 Å². The van der Waals surface area contributed by atoms with E-state index >= 15 is 0 Å². The maximum Gasteiger partial charge on any atom is 0.326 e. The average Bonchev–Trinajstić information content (AvgIpc) is 2.79. The van der Waals surface area contributed by atoms with E-state index in [1.54, 1.807) is 0 Å². The van der Waals surface area contributed by atoms with Crippen LogP contribution in [0.15, 0.2) is 0 Å². The van der Waals surface area contributed by atoms with Crippen LogP contribution >= 0.6 is 0 Å². The van der Waals surface area contributed by atoms with E-state index in [9.17, 15) is 4.79 Å². The van der Waals surface area contributed by atoms with Gasteiger partial charge in [-0.2, -0.15) is 0 Å². The van der Waals surface area contributed by atoms with E-state index in [1.165, 1.54) is 39.5 Å². The van der Waals surface area contributed by atoms with E-state index in [0.29, 0.717) is 11.5 Å². The molecule has 0 aromatic carbocycles. The molecule has 2 aliphatic rings. The van der Waals surface area contributed by atoms with Gasteiger partial charge >= 0.3 is 5.97 Å². The lowest BCUT2D eigenvalue weighted by molar-refractivity contribution is -0.148. The number of carbonyl (C=O) groups excluding carboxylic acids is 1. The molecule has 0 aromatic heterocycles. The lowest BCUT2D eigenvalue weighted by Gasteiger charge is -2.31. The smallest absolute Gasteiger partial charge is 0.326 e. The second-order valence-corrected chi connectivity index (χ2v) is 7.27. The van der Waals surface area contributed by atoms with Crippen molar-refractivity contribution in [2.75, 3.05) is 27.2 Å². The fraction of sp³-hybridized carbons (Fsp3) is 0.938. The Balaban J connectivity index is 2.00. The number of methoxy groups -OCH3 is 1. The minimum Gasteiger partial charge on any atom is -0.468 e. The normalized spacial score (nSPS) is 34.7. The molecule has 4 nitrogen and oxygen atoms in total. The highest BCUT2D eigenvalue weighted by molar-refractivity contribution is 5.81. The molecule has 2 atom stereocenters. The van der Waals surface area contributed by atoms with Crippen molar-refractivity contribution < 1.29 is 9.53 Å². The van der Waals surface area contributed by atoms with Gasteiger partial charge in [0.1, 0.15) is 5.54 Å². The summed E-state index contributed by atoms with van der Waals surface area (Å²) >= 11 is 0. The van der Waals surface area contributed by atoms with E-state index in [1.807, 2.05) is 7.05 Å². The SMILES string of the molecule is CNC1(C(=O)OC)CCC(N2CCCC(C)(C)CC2)C1. The first-order valence-electron chi connectivity index (χ1n) is 7.94. The summed E-state index contributed by atoms with van der Waals surface area (Å²) in [6.45, 7) is 7.09. The molecule has 1 N–H and O–H groups in total. The van der Waals surface area contributed by atoms with Crippen LogP contribution in [0.5, 0.6) is 0 Å². The Labute approximate surface area is 123 Å². The number of esters is 1. The molecular formula is C16H30N2O2. The highest BCUT2D eigenvalue weighted by Gasteiger charge is 2.46. The van der Waals surface area contributed by atoms with E-state index in [0.717, 1.165) is 19.3 Å². The molecular weight excluding hydrogens is 252 g/mol. The first kappa shape index (κ1) is 15.8. The summed E-state index contributed by atoms with van der Waals surface area (Å²) in [5.41, 5.74) is 0.0109. The van der Waals surface area contributed by atoms with Crippen molar-refractivity contribution >= 4 is 5.97 Å². The lowest BCUT2D eigenvalue weighted by Crippen LogP contribution is -2.50. The quantitative estimate of drug-likeness (QED) is 0.806. The molecule has 1 heterocycles. The highest BCUT2D eigenvalue weighted by Crippen LogP contribution is 2.37. The molecule has 2 rings (SSSR count). The van der Waals surface area contributed by atoms with Gasteiger partial charge in [0.05, 0.1) is 7.11 Å². The molecule has 2 fully saturated rings. The number of nitrogens with zero attached hydrogens (tertiary/aromatic N) is 1. The third-order valence-corrected chi connectivity index (χ3v) is 5.43.